The lowest BCUT2D eigenvalue weighted by atomic mass is 10.1. The molecule has 0 radical (unpaired) electrons. The van der Waals surface area contributed by atoms with Crippen LogP contribution in [0.25, 0.3) is 0 Å². The smallest absolute Gasteiger partial charge is 0.143 e. The Hall–Kier alpha value is -1.84. The number of hydrogen-bond donors (Lipinski definition) is 1. The summed E-state index contributed by atoms with van der Waals surface area (Å²) >= 11 is 0. The van der Waals surface area contributed by atoms with Gasteiger partial charge >= 0.3 is 0 Å². The van der Waals surface area contributed by atoms with Crippen LogP contribution in [0.5, 0.6) is 0 Å². The molecule has 1 atom stereocenters. The van der Waals surface area contributed by atoms with Crippen LogP contribution >= 0.6 is 0 Å². The predicted molar refractivity (Wildman–Crippen MR) is 80.9 cm³/mol. The second-order valence-electron chi connectivity index (χ2n) is 5.73. The summed E-state index contributed by atoms with van der Waals surface area (Å²) in [6.07, 6.45) is 1.18. The number of morpholine rings is 1. The highest BCUT2D eigenvalue weighted by molar-refractivity contribution is 5.55. The van der Waals surface area contributed by atoms with Crippen molar-refractivity contribution >= 4 is 11.6 Å². The SMILES string of the molecule is N#Cc1ccc(N2CCC(CN3CCOCC3)C2)nc1N. The molecule has 0 saturated carbocycles. The first-order valence-corrected chi connectivity index (χ1v) is 7.48. The van der Waals surface area contributed by atoms with Gasteiger partial charge < -0.3 is 15.4 Å². The van der Waals surface area contributed by atoms with E-state index in [1.165, 1.54) is 6.42 Å². The number of nitrogen functional groups attached to an aromatic ring is 1. The molecular formula is C15H21N5O. The van der Waals surface area contributed by atoms with Gasteiger partial charge in [0.2, 0.25) is 0 Å². The third-order valence-corrected chi connectivity index (χ3v) is 4.26. The Morgan fingerprint density at radius 1 is 1.33 bits per heavy atom. The fourth-order valence-electron chi connectivity index (χ4n) is 3.07. The molecule has 3 heterocycles. The first kappa shape index (κ1) is 14.1. The molecule has 0 bridgehead atoms. The molecule has 2 saturated heterocycles. The van der Waals surface area contributed by atoms with Gasteiger partial charge in [0.25, 0.3) is 0 Å². The van der Waals surface area contributed by atoms with E-state index in [0.717, 1.165) is 51.8 Å². The van der Waals surface area contributed by atoms with Crippen LogP contribution in [0.1, 0.15) is 12.0 Å². The molecule has 0 amide bonds. The first-order chi connectivity index (χ1) is 10.3. The quantitative estimate of drug-likeness (QED) is 0.881. The number of nitrogens with zero attached hydrogens (tertiary/aromatic N) is 4. The van der Waals surface area contributed by atoms with E-state index in [4.69, 9.17) is 15.7 Å². The van der Waals surface area contributed by atoms with Crippen LogP contribution in [0.15, 0.2) is 12.1 Å². The molecule has 1 unspecified atom stereocenters. The lowest BCUT2D eigenvalue weighted by molar-refractivity contribution is 0.0320. The van der Waals surface area contributed by atoms with Crippen LogP contribution in [0.3, 0.4) is 0 Å². The molecule has 112 valence electrons. The predicted octanol–water partition coefficient (Wildman–Crippen LogP) is 0.694. The Bertz CT molecular complexity index is 535. The minimum absolute atomic E-state index is 0.326. The van der Waals surface area contributed by atoms with E-state index in [9.17, 15) is 0 Å². The number of rotatable bonds is 3. The molecular weight excluding hydrogens is 266 g/mol. The Balaban J connectivity index is 1.59. The average Bonchev–Trinajstić information content (AvgIpc) is 2.97. The van der Waals surface area contributed by atoms with Gasteiger partial charge in [-0.1, -0.05) is 0 Å². The topological polar surface area (TPSA) is 78.4 Å². The van der Waals surface area contributed by atoms with E-state index in [0.29, 0.717) is 17.3 Å². The lowest BCUT2D eigenvalue weighted by Gasteiger charge is -2.29. The van der Waals surface area contributed by atoms with Crippen molar-refractivity contribution in [3.8, 4) is 6.07 Å². The number of hydrogen-bond acceptors (Lipinski definition) is 6. The lowest BCUT2D eigenvalue weighted by Crippen LogP contribution is -2.39. The van der Waals surface area contributed by atoms with Gasteiger partial charge in [-0.15, -0.1) is 0 Å². The second kappa shape index (κ2) is 6.29. The number of pyridine rings is 1. The number of anilines is 2. The zero-order valence-electron chi connectivity index (χ0n) is 12.2. The van der Waals surface area contributed by atoms with Gasteiger partial charge in [-0.05, 0) is 24.5 Å². The fraction of sp³-hybridized carbons (Fsp3) is 0.600. The summed E-state index contributed by atoms with van der Waals surface area (Å²) in [4.78, 5) is 9.11. The van der Waals surface area contributed by atoms with Crippen molar-refractivity contribution in [1.82, 2.24) is 9.88 Å². The van der Waals surface area contributed by atoms with E-state index in [1.807, 2.05) is 6.07 Å². The van der Waals surface area contributed by atoms with Gasteiger partial charge in [0.1, 0.15) is 17.7 Å². The second-order valence-corrected chi connectivity index (χ2v) is 5.73. The van der Waals surface area contributed by atoms with Crippen LogP contribution in [-0.4, -0.2) is 55.8 Å². The van der Waals surface area contributed by atoms with Crippen molar-refractivity contribution in [2.24, 2.45) is 5.92 Å². The minimum Gasteiger partial charge on any atom is -0.383 e. The van der Waals surface area contributed by atoms with E-state index in [-0.39, 0.29) is 0 Å². The highest BCUT2D eigenvalue weighted by Crippen LogP contribution is 2.24. The molecule has 2 aliphatic heterocycles. The third-order valence-electron chi connectivity index (χ3n) is 4.26. The molecule has 0 aliphatic carbocycles. The molecule has 2 N–H and O–H groups in total. The zero-order chi connectivity index (χ0) is 14.7. The van der Waals surface area contributed by atoms with E-state index in [1.54, 1.807) is 6.07 Å². The molecule has 0 aromatic carbocycles. The van der Waals surface area contributed by atoms with Crippen LogP contribution in [-0.2, 0) is 4.74 Å². The highest BCUT2D eigenvalue weighted by Gasteiger charge is 2.26. The summed E-state index contributed by atoms with van der Waals surface area (Å²) in [6.45, 7) is 6.93. The minimum atomic E-state index is 0.326. The van der Waals surface area contributed by atoms with Crippen LogP contribution in [0, 0.1) is 17.2 Å². The summed E-state index contributed by atoms with van der Waals surface area (Å²) in [6, 6.07) is 5.70. The van der Waals surface area contributed by atoms with Gasteiger partial charge in [-0.2, -0.15) is 5.26 Å². The van der Waals surface area contributed by atoms with Crippen LogP contribution in [0.4, 0.5) is 11.6 Å². The molecule has 0 spiro atoms. The maximum atomic E-state index is 8.90. The van der Waals surface area contributed by atoms with E-state index < -0.39 is 0 Å². The third kappa shape index (κ3) is 3.26. The monoisotopic (exact) mass is 287 g/mol. The van der Waals surface area contributed by atoms with Gasteiger partial charge in [0.15, 0.2) is 0 Å². The fourth-order valence-corrected chi connectivity index (χ4v) is 3.07. The maximum Gasteiger partial charge on any atom is 0.143 e. The van der Waals surface area contributed by atoms with E-state index in [2.05, 4.69) is 20.9 Å². The molecule has 21 heavy (non-hydrogen) atoms. The molecule has 1 aromatic rings. The number of nitriles is 1. The number of nitrogens with two attached hydrogens (primary N) is 1. The molecule has 6 nitrogen and oxygen atoms in total. The zero-order valence-corrected chi connectivity index (χ0v) is 12.2. The van der Waals surface area contributed by atoms with Crippen molar-refractivity contribution in [1.29, 1.82) is 5.26 Å². The molecule has 6 heteroatoms. The van der Waals surface area contributed by atoms with Crippen molar-refractivity contribution in [2.45, 2.75) is 6.42 Å². The highest BCUT2D eigenvalue weighted by atomic mass is 16.5. The molecule has 2 fully saturated rings. The Kier molecular flexibility index (Phi) is 4.23. The van der Waals surface area contributed by atoms with Crippen LogP contribution < -0.4 is 10.6 Å². The average molecular weight is 287 g/mol. The van der Waals surface area contributed by atoms with Crippen LogP contribution in [0.2, 0.25) is 0 Å². The summed E-state index contributed by atoms with van der Waals surface area (Å²) in [5.74, 6) is 1.88. The van der Waals surface area contributed by atoms with Crippen molar-refractivity contribution < 1.29 is 4.74 Å². The summed E-state index contributed by atoms with van der Waals surface area (Å²) < 4.78 is 5.39. The summed E-state index contributed by atoms with van der Waals surface area (Å²) in [5, 5.41) is 8.90. The molecule has 1 aromatic heterocycles. The van der Waals surface area contributed by atoms with Crippen molar-refractivity contribution in [2.75, 3.05) is 56.6 Å². The Morgan fingerprint density at radius 3 is 2.86 bits per heavy atom. The first-order valence-electron chi connectivity index (χ1n) is 7.48. The number of aromatic nitrogens is 1. The van der Waals surface area contributed by atoms with Gasteiger partial charge in [0, 0.05) is 32.7 Å². The standard InChI is InChI=1S/C15H21N5O/c16-9-13-1-2-14(18-15(13)17)20-4-3-12(11-20)10-19-5-7-21-8-6-19/h1-2,12H,3-8,10-11H2,(H2,17,18). The van der Waals surface area contributed by atoms with Gasteiger partial charge in [-0.3, -0.25) is 4.90 Å². The van der Waals surface area contributed by atoms with Crippen molar-refractivity contribution in [3.05, 3.63) is 17.7 Å². The van der Waals surface area contributed by atoms with Gasteiger partial charge in [0.05, 0.1) is 18.8 Å². The van der Waals surface area contributed by atoms with Gasteiger partial charge in [-0.25, -0.2) is 4.98 Å². The molecule has 2 aliphatic rings. The maximum absolute atomic E-state index is 8.90. The molecule has 3 rings (SSSR count). The summed E-state index contributed by atoms with van der Waals surface area (Å²) in [7, 11) is 0. The van der Waals surface area contributed by atoms with Crippen molar-refractivity contribution in [3.63, 3.8) is 0 Å². The normalized spacial score (nSPS) is 23.2. The van der Waals surface area contributed by atoms with E-state index >= 15 is 0 Å². The largest absolute Gasteiger partial charge is 0.383 e. The Morgan fingerprint density at radius 2 is 2.14 bits per heavy atom. The Labute approximate surface area is 125 Å². The number of ether oxygens (including phenoxy) is 1. The summed E-state index contributed by atoms with van der Waals surface area (Å²) in [5.41, 5.74) is 6.25.